The van der Waals surface area contributed by atoms with Crippen molar-refractivity contribution in [1.29, 1.82) is 0 Å². The number of anilines is 1. The second-order valence-electron chi connectivity index (χ2n) is 5.66. The molecule has 1 aromatic rings. The molecule has 0 aliphatic heterocycles. The zero-order chi connectivity index (χ0) is 16.3. The molecule has 1 rings (SSSR count). The lowest BCUT2D eigenvalue weighted by Crippen LogP contribution is -2.40. The molecule has 0 aliphatic carbocycles. The normalized spacial score (nSPS) is 12.6. The number of rotatable bonds is 7. The number of nitrogen functional groups attached to an aromatic ring is 1. The van der Waals surface area contributed by atoms with Crippen molar-refractivity contribution < 1.29 is 13.2 Å². The first-order valence-corrected chi connectivity index (χ1v) is 8.61. The van der Waals surface area contributed by atoms with E-state index in [1.165, 1.54) is 0 Å². The summed E-state index contributed by atoms with van der Waals surface area (Å²) in [5.74, 6) is 0. The fourth-order valence-corrected chi connectivity index (χ4v) is 3.55. The number of benzene rings is 1. The molecule has 5 nitrogen and oxygen atoms in total. The van der Waals surface area contributed by atoms with Crippen LogP contribution in [0.15, 0.2) is 17.0 Å². The van der Waals surface area contributed by atoms with E-state index in [-0.39, 0.29) is 11.4 Å². The molecule has 6 heteroatoms. The lowest BCUT2D eigenvalue weighted by atomic mass is 10.1. The van der Waals surface area contributed by atoms with Crippen LogP contribution in [0.2, 0.25) is 0 Å². The minimum absolute atomic E-state index is 0.200. The summed E-state index contributed by atoms with van der Waals surface area (Å²) in [4.78, 5) is 0.272. The monoisotopic (exact) mass is 314 g/mol. The van der Waals surface area contributed by atoms with Crippen LogP contribution in [0, 0.1) is 0 Å². The van der Waals surface area contributed by atoms with Crippen molar-refractivity contribution in [2.45, 2.75) is 51.0 Å². The van der Waals surface area contributed by atoms with Gasteiger partial charge in [-0.3, -0.25) is 0 Å². The molecule has 0 saturated heterocycles. The molecule has 0 saturated carbocycles. The van der Waals surface area contributed by atoms with Crippen LogP contribution in [-0.2, 0) is 27.6 Å². The molecule has 0 radical (unpaired) electrons. The van der Waals surface area contributed by atoms with E-state index in [0.29, 0.717) is 17.7 Å². The van der Waals surface area contributed by atoms with E-state index < -0.39 is 15.6 Å². The SMILES string of the molecule is CCc1cc(N)c(CC)c(S(=O)(=O)NCC(C)(C)OC)c1. The maximum absolute atomic E-state index is 12.6. The van der Waals surface area contributed by atoms with Crippen LogP contribution in [0.1, 0.15) is 38.8 Å². The molecular formula is C15H26N2O3S. The average Bonchev–Trinajstić information content (AvgIpc) is 2.44. The maximum Gasteiger partial charge on any atom is 0.241 e. The van der Waals surface area contributed by atoms with Crippen LogP contribution < -0.4 is 10.5 Å². The summed E-state index contributed by atoms with van der Waals surface area (Å²) in [6, 6.07) is 3.55. The Bertz CT molecular complexity index is 595. The molecule has 21 heavy (non-hydrogen) atoms. The third-order valence-electron chi connectivity index (χ3n) is 3.60. The number of ether oxygens (including phenoxy) is 1. The Morgan fingerprint density at radius 1 is 1.24 bits per heavy atom. The van der Waals surface area contributed by atoms with Crippen LogP contribution in [-0.4, -0.2) is 27.7 Å². The summed E-state index contributed by atoms with van der Waals surface area (Å²) in [6.45, 7) is 7.72. The van der Waals surface area contributed by atoms with Crippen LogP contribution in [0.5, 0.6) is 0 Å². The molecule has 0 aliphatic rings. The largest absolute Gasteiger partial charge is 0.398 e. The lowest BCUT2D eigenvalue weighted by Gasteiger charge is -2.23. The first-order valence-electron chi connectivity index (χ1n) is 7.13. The van der Waals surface area contributed by atoms with Gasteiger partial charge in [0.25, 0.3) is 0 Å². The molecule has 0 heterocycles. The summed E-state index contributed by atoms with van der Waals surface area (Å²) in [5.41, 5.74) is 7.54. The maximum atomic E-state index is 12.6. The molecule has 0 atom stereocenters. The zero-order valence-electron chi connectivity index (χ0n) is 13.5. The fraction of sp³-hybridized carbons (Fsp3) is 0.600. The van der Waals surface area contributed by atoms with Gasteiger partial charge in [-0.15, -0.1) is 0 Å². The quantitative estimate of drug-likeness (QED) is 0.755. The topological polar surface area (TPSA) is 81.4 Å². The van der Waals surface area contributed by atoms with Crippen molar-refractivity contribution in [1.82, 2.24) is 4.72 Å². The van der Waals surface area contributed by atoms with Crippen molar-refractivity contribution in [3.8, 4) is 0 Å². The lowest BCUT2D eigenvalue weighted by molar-refractivity contribution is 0.0276. The molecule has 0 amide bonds. The summed E-state index contributed by atoms with van der Waals surface area (Å²) in [5, 5.41) is 0. The predicted octanol–water partition coefficient (Wildman–Crippen LogP) is 2.10. The van der Waals surface area contributed by atoms with Crippen LogP contribution in [0.4, 0.5) is 5.69 Å². The van der Waals surface area contributed by atoms with Crippen LogP contribution >= 0.6 is 0 Å². The molecule has 0 fully saturated rings. The van der Waals surface area contributed by atoms with E-state index in [2.05, 4.69) is 4.72 Å². The van der Waals surface area contributed by atoms with Crippen molar-refractivity contribution in [2.75, 3.05) is 19.4 Å². The zero-order valence-corrected chi connectivity index (χ0v) is 14.3. The molecular weight excluding hydrogens is 288 g/mol. The van der Waals surface area contributed by atoms with Crippen molar-refractivity contribution >= 4 is 15.7 Å². The second kappa shape index (κ2) is 6.77. The van der Waals surface area contributed by atoms with Gasteiger partial charge in [-0.05, 0) is 49.9 Å². The van der Waals surface area contributed by atoms with E-state index in [1.807, 2.05) is 33.8 Å². The predicted molar refractivity (Wildman–Crippen MR) is 85.9 cm³/mol. The third kappa shape index (κ3) is 4.43. The number of nitrogens with one attached hydrogen (secondary N) is 1. The first kappa shape index (κ1) is 17.9. The number of methoxy groups -OCH3 is 1. The minimum atomic E-state index is -3.61. The Labute approximate surface area is 127 Å². The molecule has 0 spiro atoms. The van der Waals surface area contributed by atoms with Crippen molar-refractivity contribution in [3.05, 3.63) is 23.3 Å². The smallest absolute Gasteiger partial charge is 0.241 e. The Morgan fingerprint density at radius 2 is 1.86 bits per heavy atom. The number of nitrogens with two attached hydrogens (primary N) is 1. The molecule has 0 unspecified atom stereocenters. The van der Waals surface area contributed by atoms with E-state index in [9.17, 15) is 8.42 Å². The summed E-state index contributed by atoms with van der Waals surface area (Å²) in [7, 11) is -2.05. The number of aryl methyl sites for hydroxylation is 1. The molecule has 1 aromatic carbocycles. The van der Waals surface area contributed by atoms with Gasteiger partial charge in [0.2, 0.25) is 10.0 Å². The van der Waals surface area contributed by atoms with E-state index in [1.54, 1.807) is 13.2 Å². The Kier molecular flexibility index (Phi) is 5.78. The molecule has 0 bridgehead atoms. The number of hydrogen-bond acceptors (Lipinski definition) is 4. The Hall–Kier alpha value is -1.11. The third-order valence-corrected chi connectivity index (χ3v) is 5.06. The van der Waals surface area contributed by atoms with Crippen molar-refractivity contribution in [3.63, 3.8) is 0 Å². The fourth-order valence-electron chi connectivity index (χ4n) is 1.97. The molecule has 120 valence electrons. The summed E-state index contributed by atoms with van der Waals surface area (Å²) in [6.07, 6.45) is 1.31. The van der Waals surface area contributed by atoms with Gasteiger partial charge in [0.1, 0.15) is 0 Å². The van der Waals surface area contributed by atoms with Gasteiger partial charge in [-0.1, -0.05) is 13.8 Å². The van der Waals surface area contributed by atoms with Gasteiger partial charge in [0.05, 0.1) is 10.5 Å². The van der Waals surface area contributed by atoms with E-state index in [4.69, 9.17) is 10.5 Å². The van der Waals surface area contributed by atoms with E-state index in [0.717, 1.165) is 12.0 Å². The van der Waals surface area contributed by atoms with Gasteiger partial charge in [-0.25, -0.2) is 13.1 Å². The standard InChI is InChI=1S/C15H26N2O3S/c1-6-11-8-13(16)12(7-2)14(9-11)21(18,19)17-10-15(3,4)20-5/h8-9,17H,6-7,10,16H2,1-5H3. The highest BCUT2D eigenvalue weighted by atomic mass is 32.2. The highest BCUT2D eigenvalue weighted by Gasteiger charge is 2.24. The van der Waals surface area contributed by atoms with Gasteiger partial charge in [0.15, 0.2) is 0 Å². The molecule has 0 aromatic heterocycles. The summed E-state index contributed by atoms with van der Waals surface area (Å²) < 4.78 is 33.0. The van der Waals surface area contributed by atoms with Gasteiger partial charge in [-0.2, -0.15) is 0 Å². The van der Waals surface area contributed by atoms with Gasteiger partial charge in [0, 0.05) is 19.3 Å². The van der Waals surface area contributed by atoms with Gasteiger partial charge >= 0.3 is 0 Å². The summed E-state index contributed by atoms with van der Waals surface area (Å²) >= 11 is 0. The first-order chi connectivity index (χ1) is 9.66. The Balaban J connectivity index is 3.21. The van der Waals surface area contributed by atoms with Crippen molar-refractivity contribution in [2.24, 2.45) is 0 Å². The highest BCUT2D eigenvalue weighted by molar-refractivity contribution is 7.89. The molecule has 3 N–H and O–H groups in total. The number of hydrogen-bond donors (Lipinski definition) is 2. The van der Waals surface area contributed by atoms with E-state index >= 15 is 0 Å². The van der Waals surface area contributed by atoms with Gasteiger partial charge < -0.3 is 10.5 Å². The minimum Gasteiger partial charge on any atom is -0.398 e. The van der Waals surface area contributed by atoms with Crippen LogP contribution in [0.3, 0.4) is 0 Å². The number of sulfonamides is 1. The Morgan fingerprint density at radius 3 is 2.33 bits per heavy atom. The van der Waals surface area contributed by atoms with Crippen LogP contribution in [0.25, 0.3) is 0 Å². The highest BCUT2D eigenvalue weighted by Crippen LogP contribution is 2.25. The average molecular weight is 314 g/mol. The second-order valence-corrected chi connectivity index (χ2v) is 7.39.